The number of hydrogen-bond acceptors (Lipinski definition) is 3. The van der Waals surface area contributed by atoms with Crippen LogP contribution in [-0.4, -0.2) is 37.1 Å². The van der Waals surface area contributed by atoms with Crippen molar-refractivity contribution in [2.24, 2.45) is 5.92 Å². The zero-order valence-electron chi connectivity index (χ0n) is 8.69. The smallest absolute Gasteiger partial charge is 0.239 e. The maximum Gasteiger partial charge on any atom is 0.239 e. The topological polar surface area (TPSA) is 53.3 Å². The summed E-state index contributed by atoms with van der Waals surface area (Å²) in [5.74, 6) is -0.598. The van der Waals surface area contributed by atoms with E-state index in [1.54, 1.807) is 18.9 Å². The molecule has 1 rings (SSSR count). The fourth-order valence-corrected chi connectivity index (χ4v) is 1.35. The molecule has 0 aromatic heterocycles. The van der Waals surface area contributed by atoms with Gasteiger partial charge in [0.2, 0.25) is 5.91 Å². The van der Waals surface area contributed by atoms with Crippen molar-refractivity contribution in [2.45, 2.75) is 25.8 Å². The minimum absolute atomic E-state index is 0.0629. The van der Waals surface area contributed by atoms with Gasteiger partial charge in [-0.3, -0.25) is 4.79 Å². The second kappa shape index (κ2) is 4.97. The zero-order chi connectivity index (χ0) is 10.6. The summed E-state index contributed by atoms with van der Waals surface area (Å²) in [6.45, 7) is 2.79. The van der Waals surface area contributed by atoms with Crippen LogP contribution in [0.2, 0.25) is 0 Å². The molecule has 1 aliphatic carbocycles. The van der Waals surface area contributed by atoms with E-state index in [0.29, 0.717) is 19.2 Å². The zero-order valence-corrected chi connectivity index (χ0v) is 8.69. The van der Waals surface area contributed by atoms with Crippen LogP contribution in [0.4, 0.5) is 0 Å². The van der Waals surface area contributed by atoms with Gasteiger partial charge in [0.05, 0.1) is 12.7 Å². The lowest BCUT2D eigenvalue weighted by Crippen LogP contribution is -2.38. The second-order valence-corrected chi connectivity index (χ2v) is 3.61. The van der Waals surface area contributed by atoms with Gasteiger partial charge in [-0.15, -0.1) is 0 Å². The number of carbonyl (C=O) groups is 1. The van der Waals surface area contributed by atoms with Crippen molar-refractivity contribution in [3.63, 3.8) is 0 Å². The van der Waals surface area contributed by atoms with E-state index in [1.165, 1.54) is 0 Å². The van der Waals surface area contributed by atoms with Crippen LogP contribution in [-0.2, 0) is 9.53 Å². The summed E-state index contributed by atoms with van der Waals surface area (Å²) in [4.78, 5) is 13.5. The Hall–Kier alpha value is -1.08. The lowest BCUT2D eigenvalue weighted by Gasteiger charge is -2.22. The molecular formula is C10H16N2O2. The highest BCUT2D eigenvalue weighted by molar-refractivity contribution is 5.81. The summed E-state index contributed by atoms with van der Waals surface area (Å²) in [6.07, 6.45) is 2.13. The molecule has 4 heteroatoms. The molecule has 4 nitrogen and oxygen atoms in total. The van der Waals surface area contributed by atoms with Gasteiger partial charge < -0.3 is 9.64 Å². The third kappa shape index (κ3) is 2.71. The molecule has 0 saturated heterocycles. The van der Waals surface area contributed by atoms with Crippen molar-refractivity contribution in [3.05, 3.63) is 0 Å². The number of amides is 1. The molecule has 0 aliphatic heterocycles. The first-order chi connectivity index (χ1) is 6.70. The Kier molecular flexibility index (Phi) is 3.90. The van der Waals surface area contributed by atoms with E-state index >= 15 is 0 Å². The lowest BCUT2D eigenvalue weighted by molar-refractivity contribution is -0.134. The summed E-state index contributed by atoms with van der Waals surface area (Å²) >= 11 is 0. The average molecular weight is 196 g/mol. The highest BCUT2D eigenvalue weighted by Crippen LogP contribution is 2.27. The van der Waals surface area contributed by atoms with Gasteiger partial charge in [-0.2, -0.15) is 5.26 Å². The molecule has 1 amide bonds. The van der Waals surface area contributed by atoms with Crippen LogP contribution in [0.5, 0.6) is 0 Å². The van der Waals surface area contributed by atoms with Crippen molar-refractivity contribution < 1.29 is 9.53 Å². The maximum atomic E-state index is 11.7. The van der Waals surface area contributed by atoms with Gasteiger partial charge in [-0.1, -0.05) is 0 Å². The summed E-state index contributed by atoms with van der Waals surface area (Å²) < 4.78 is 4.94. The van der Waals surface area contributed by atoms with E-state index in [-0.39, 0.29) is 5.91 Å². The van der Waals surface area contributed by atoms with Gasteiger partial charge in [0.1, 0.15) is 5.92 Å². The summed E-state index contributed by atoms with van der Waals surface area (Å²) in [7, 11) is 1.61. The van der Waals surface area contributed by atoms with Crippen molar-refractivity contribution in [1.29, 1.82) is 5.26 Å². The van der Waals surface area contributed by atoms with Crippen molar-refractivity contribution in [3.8, 4) is 6.07 Å². The molecule has 1 aliphatic rings. The van der Waals surface area contributed by atoms with Gasteiger partial charge in [0.15, 0.2) is 0 Å². The summed E-state index contributed by atoms with van der Waals surface area (Å²) in [5, 5.41) is 8.65. The minimum Gasteiger partial charge on any atom is -0.383 e. The highest BCUT2D eigenvalue weighted by Gasteiger charge is 2.34. The van der Waals surface area contributed by atoms with E-state index in [0.717, 1.165) is 12.8 Å². The third-order valence-corrected chi connectivity index (χ3v) is 2.37. The predicted molar refractivity (Wildman–Crippen MR) is 51.4 cm³/mol. The number of nitriles is 1. The molecule has 1 saturated carbocycles. The quantitative estimate of drug-likeness (QED) is 0.653. The van der Waals surface area contributed by atoms with Crippen molar-refractivity contribution in [2.75, 3.05) is 20.3 Å². The summed E-state index contributed by atoms with van der Waals surface area (Å²) in [6, 6.07) is 2.33. The fraction of sp³-hybridized carbons (Fsp3) is 0.800. The summed E-state index contributed by atoms with van der Waals surface area (Å²) in [5.41, 5.74) is 0. The van der Waals surface area contributed by atoms with E-state index in [9.17, 15) is 4.79 Å². The Bertz CT molecular complexity index is 243. The minimum atomic E-state index is -0.535. The first kappa shape index (κ1) is 11.0. The van der Waals surface area contributed by atoms with E-state index in [4.69, 9.17) is 10.00 Å². The number of ether oxygens (including phenoxy) is 1. The molecule has 0 bridgehead atoms. The molecule has 1 atom stereocenters. The van der Waals surface area contributed by atoms with Gasteiger partial charge in [0.25, 0.3) is 0 Å². The molecule has 1 fully saturated rings. The fourth-order valence-electron chi connectivity index (χ4n) is 1.35. The van der Waals surface area contributed by atoms with Crippen LogP contribution >= 0.6 is 0 Å². The molecule has 0 aromatic carbocycles. The van der Waals surface area contributed by atoms with Crippen molar-refractivity contribution >= 4 is 5.91 Å². The average Bonchev–Trinajstić information content (AvgIpc) is 3.01. The molecule has 1 unspecified atom stereocenters. The number of carbonyl (C=O) groups excluding carboxylic acids is 1. The Balaban J connectivity index is 2.49. The second-order valence-electron chi connectivity index (χ2n) is 3.61. The molecular weight excluding hydrogens is 180 g/mol. The first-order valence-corrected chi connectivity index (χ1v) is 4.89. The number of hydrogen-bond donors (Lipinski definition) is 0. The highest BCUT2D eigenvalue weighted by atomic mass is 16.5. The van der Waals surface area contributed by atoms with Crippen LogP contribution in [0.25, 0.3) is 0 Å². The van der Waals surface area contributed by atoms with Crippen LogP contribution in [0.1, 0.15) is 19.8 Å². The maximum absolute atomic E-state index is 11.7. The number of rotatable bonds is 5. The third-order valence-electron chi connectivity index (χ3n) is 2.37. The SMILES string of the molecule is COCCN(C(=O)C(C)C#N)C1CC1. The van der Waals surface area contributed by atoms with E-state index in [1.807, 2.05) is 6.07 Å². The number of nitrogens with zero attached hydrogens (tertiary/aromatic N) is 2. The van der Waals surface area contributed by atoms with Gasteiger partial charge >= 0.3 is 0 Å². The van der Waals surface area contributed by atoms with E-state index < -0.39 is 5.92 Å². The predicted octanol–water partition coefficient (Wildman–Crippen LogP) is 0.783. The van der Waals surface area contributed by atoms with Crippen LogP contribution < -0.4 is 0 Å². The molecule has 0 N–H and O–H groups in total. The Morgan fingerprint density at radius 2 is 2.36 bits per heavy atom. The molecule has 0 heterocycles. The lowest BCUT2D eigenvalue weighted by atomic mass is 10.2. The first-order valence-electron chi connectivity index (χ1n) is 4.89. The monoisotopic (exact) mass is 196 g/mol. The van der Waals surface area contributed by atoms with E-state index in [2.05, 4.69) is 0 Å². The standard InChI is InChI=1S/C10H16N2O2/c1-8(7-11)10(13)12(5-6-14-2)9-3-4-9/h8-9H,3-6H2,1-2H3. The molecule has 0 aromatic rings. The van der Waals surface area contributed by atoms with Crippen LogP contribution in [0, 0.1) is 17.2 Å². The molecule has 78 valence electrons. The Morgan fingerprint density at radius 3 is 2.79 bits per heavy atom. The van der Waals surface area contributed by atoms with Crippen LogP contribution in [0.15, 0.2) is 0 Å². The Labute approximate surface area is 84.4 Å². The van der Waals surface area contributed by atoms with Gasteiger partial charge in [-0.25, -0.2) is 0 Å². The van der Waals surface area contributed by atoms with Crippen LogP contribution in [0.3, 0.4) is 0 Å². The Morgan fingerprint density at radius 1 is 1.71 bits per heavy atom. The largest absolute Gasteiger partial charge is 0.383 e. The number of methoxy groups -OCH3 is 1. The molecule has 14 heavy (non-hydrogen) atoms. The molecule has 0 radical (unpaired) electrons. The van der Waals surface area contributed by atoms with Crippen molar-refractivity contribution in [1.82, 2.24) is 4.90 Å². The molecule has 0 spiro atoms. The normalized spacial score (nSPS) is 17.2. The van der Waals surface area contributed by atoms with Gasteiger partial charge in [-0.05, 0) is 19.8 Å². The van der Waals surface area contributed by atoms with Gasteiger partial charge in [0, 0.05) is 19.7 Å².